The molecule has 1 rings (SSSR count). The standard InChI is InChI=1S/C13H28N2O2S/c1-3-5-11-18(16,17)15-10-7-6-8-13(15)12-14-9-4-2/h13-14H,3-12H2,1-2H3. The third kappa shape index (κ3) is 4.86. The summed E-state index contributed by atoms with van der Waals surface area (Å²) < 4.78 is 26.3. The zero-order valence-electron chi connectivity index (χ0n) is 11.8. The third-order valence-corrected chi connectivity index (χ3v) is 5.49. The van der Waals surface area contributed by atoms with Gasteiger partial charge in [0.05, 0.1) is 5.75 Å². The number of hydrogen-bond acceptors (Lipinski definition) is 3. The van der Waals surface area contributed by atoms with Gasteiger partial charge in [0.15, 0.2) is 0 Å². The summed E-state index contributed by atoms with van der Waals surface area (Å²) in [6, 6.07) is 0.173. The highest BCUT2D eigenvalue weighted by Crippen LogP contribution is 2.21. The average Bonchev–Trinajstić information content (AvgIpc) is 2.37. The van der Waals surface area contributed by atoms with E-state index in [1.54, 1.807) is 4.31 Å². The van der Waals surface area contributed by atoms with Crippen LogP contribution in [-0.2, 0) is 10.0 Å². The van der Waals surface area contributed by atoms with Gasteiger partial charge in [-0.05, 0) is 32.2 Å². The first-order chi connectivity index (χ1) is 8.61. The number of unbranched alkanes of at least 4 members (excludes halogenated alkanes) is 1. The van der Waals surface area contributed by atoms with E-state index >= 15 is 0 Å². The van der Waals surface area contributed by atoms with Crippen LogP contribution in [0.3, 0.4) is 0 Å². The molecular weight excluding hydrogens is 248 g/mol. The van der Waals surface area contributed by atoms with E-state index in [0.29, 0.717) is 12.3 Å². The van der Waals surface area contributed by atoms with Crippen molar-refractivity contribution in [1.82, 2.24) is 9.62 Å². The predicted molar refractivity (Wildman–Crippen MR) is 76.2 cm³/mol. The van der Waals surface area contributed by atoms with Gasteiger partial charge in [-0.3, -0.25) is 0 Å². The quantitative estimate of drug-likeness (QED) is 0.690. The van der Waals surface area contributed by atoms with Crippen LogP contribution in [0, 0.1) is 0 Å². The van der Waals surface area contributed by atoms with E-state index in [9.17, 15) is 8.42 Å². The van der Waals surface area contributed by atoms with E-state index in [4.69, 9.17) is 0 Å². The Hall–Kier alpha value is -0.130. The molecule has 4 nitrogen and oxygen atoms in total. The first kappa shape index (κ1) is 15.9. The summed E-state index contributed by atoms with van der Waals surface area (Å²) in [4.78, 5) is 0. The molecule has 0 amide bonds. The van der Waals surface area contributed by atoms with Crippen molar-refractivity contribution >= 4 is 10.0 Å². The number of nitrogens with zero attached hydrogens (tertiary/aromatic N) is 1. The Bertz CT molecular complexity index is 317. The molecule has 0 spiro atoms. The van der Waals surface area contributed by atoms with Crippen LogP contribution in [0.25, 0.3) is 0 Å². The topological polar surface area (TPSA) is 49.4 Å². The van der Waals surface area contributed by atoms with Gasteiger partial charge in [-0.2, -0.15) is 4.31 Å². The lowest BCUT2D eigenvalue weighted by Gasteiger charge is -2.35. The molecule has 18 heavy (non-hydrogen) atoms. The molecule has 0 aromatic heterocycles. The Labute approximate surface area is 112 Å². The molecule has 1 atom stereocenters. The predicted octanol–water partition coefficient (Wildman–Crippen LogP) is 1.97. The fourth-order valence-electron chi connectivity index (χ4n) is 2.43. The average molecular weight is 276 g/mol. The lowest BCUT2D eigenvalue weighted by atomic mass is 10.1. The molecular formula is C13H28N2O2S. The largest absolute Gasteiger partial charge is 0.315 e. The first-order valence-corrected chi connectivity index (χ1v) is 8.93. The van der Waals surface area contributed by atoms with Gasteiger partial charge in [0.1, 0.15) is 0 Å². The number of hydrogen-bond donors (Lipinski definition) is 1. The number of rotatable bonds is 8. The van der Waals surface area contributed by atoms with E-state index in [-0.39, 0.29) is 6.04 Å². The summed E-state index contributed by atoms with van der Waals surface area (Å²) in [5.74, 6) is 0.313. The maximum Gasteiger partial charge on any atom is 0.214 e. The highest BCUT2D eigenvalue weighted by Gasteiger charge is 2.31. The molecule has 1 fully saturated rings. The molecule has 0 radical (unpaired) electrons. The summed E-state index contributed by atoms with van der Waals surface area (Å²) in [6.45, 7) is 6.65. The second-order valence-electron chi connectivity index (χ2n) is 5.13. The minimum absolute atomic E-state index is 0.173. The summed E-state index contributed by atoms with van der Waals surface area (Å²) >= 11 is 0. The van der Waals surface area contributed by atoms with Crippen molar-refractivity contribution < 1.29 is 8.42 Å². The smallest absolute Gasteiger partial charge is 0.214 e. The van der Waals surface area contributed by atoms with Crippen LogP contribution in [0.1, 0.15) is 52.4 Å². The van der Waals surface area contributed by atoms with Crippen molar-refractivity contribution in [1.29, 1.82) is 0 Å². The molecule has 0 bridgehead atoms. The molecule has 0 aromatic carbocycles. The summed E-state index contributed by atoms with van der Waals surface area (Å²) in [6.07, 6.45) is 5.96. The second kappa shape index (κ2) is 8.12. The van der Waals surface area contributed by atoms with Crippen molar-refractivity contribution in [2.24, 2.45) is 0 Å². The highest BCUT2D eigenvalue weighted by atomic mass is 32.2. The van der Waals surface area contributed by atoms with E-state index in [1.165, 1.54) is 0 Å². The highest BCUT2D eigenvalue weighted by molar-refractivity contribution is 7.89. The zero-order chi connectivity index (χ0) is 13.4. The minimum atomic E-state index is -3.04. The van der Waals surface area contributed by atoms with Crippen LogP contribution in [0.2, 0.25) is 0 Å². The monoisotopic (exact) mass is 276 g/mol. The van der Waals surface area contributed by atoms with Crippen LogP contribution >= 0.6 is 0 Å². The van der Waals surface area contributed by atoms with Gasteiger partial charge >= 0.3 is 0 Å². The lowest BCUT2D eigenvalue weighted by molar-refractivity contribution is 0.245. The van der Waals surface area contributed by atoms with Gasteiger partial charge in [-0.25, -0.2) is 8.42 Å². The molecule has 1 aliphatic heterocycles. The van der Waals surface area contributed by atoms with Gasteiger partial charge < -0.3 is 5.32 Å². The number of piperidine rings is 1. The maximum absolute atomic E-state index is 12.3. The molecule has 0 saturated carbocycles. The van der Waals surface area contributed by atoms with Gasteiger partial charge in [0.25, 0.3) is 0 Å². The SMILES string of the molecule is CCCCS(=O)(=O)N1CCCCC1CNCCC. The Balaban J connectivity index is 2.57. The minimum Gasteiger partial charge on any atom is -0.315 e. The van der Waals surface area contributed by atoms with Gasteiger partial charge in [0.2, 0.25) is 10.0 Å². The van der Waals surface area contributed by atoms with Crippen molar-refractivity contribution in [3.05, 3.63) is 0 Å². The van der Waals surface area contributed by atoms with Gasteiger partial charge in [0, 0.05) is 19.1 Å². The van der Waals surface area contributed by atoms with Crippen LogP contribution in [-0.4, -0.2) is 44.2 Å². The van der Waals surface area contributed by atoms with Crippen molar-refractivity contribution in [2.75, 3.05) is 25.4 Å². The van der Waals surface area contributed by atoms with E-state index < -0.39 is 10.0 Å². The van der Waals surface area contributed by atoms with Crippen LogP contribution < -0.4 is 5.32 Å². The van der Waals surface area contributed by atoms with E-state index in [2.05, 4.69) is 12.2 Å². The Kier molecular flexibility index (Phi) is 7.19. The zero-order valence-corrected chi connectivity index (χ0v) is 12.6. The van der Waals surface area contributed by atoms with Crippen molar-refractivity contribution in [3.8, 4) is 0 Å². The van der Waals surface area contributed by atoms with Crippen LogP contribution in [0.4, 0.5) is 0 Å². The summed E-state index contributed by atoms with van der Waals surface area (Å²) in [5.41, 5.74) is 0. The first-order valence-electron chi connectivity index (χ1n) is 7.32. The Morgan fingerprint density at radius 3 is 2.67 bits per heavy atom. The maximum atomic E-state index is 12.3. The molecule has 1 heterocycles. The summed E-state index contributed by atoms with van der Waals surface area (Å²) in [5, 5.41) is 3.36. The van der Waals surface area contributed by atoms with Gasteiger partial charge in [-0.1, -0.05) is 26.7 Å². The van der Waals surface area contributed by atoms with Crippen LogP contribution in [0.5, 0.6) is 0 Å². The second-order valence-corrected chi connectivity index (χ2v) is 7.18. The third-order valence-electron chi connectivity index (χ3n) is 3.49. The fourth-order valence-corrected chi connectivity index (χ4v) is 4.36. The lowest BCUT2D eigenvalue weighted by Crippen LogP contribution is -2.49. The van der Waals surface area contributed by atoms with E-state index in [1.807, 2.05) is 6.92 Å². The van der Waals surface area contributed by atoms with Gasteiger partial charge in [-0.15, -0.1) is 0 Å². The molecule has 0 aromatic rings. The molecule has 5 heteroatoms. The van der Waals surface area contributed by atoms with Crippen LogP contribution in [0.15, 0.2) is 0 Å². The van der Waals surface area contributed by atoms with Crippen molar-refractivity contribution in [3.63, 3.8) is 0 Å². The molecule has 108 valence electrons. The molecule has 1 aliphatic rings. The molecule has 1 saturated heterocycles. The van der Waals surface area contributed by atoms with Crippen molar-refractivity contribution in [2.45, 2.75) is 58.4 Å². The number of sulfonamides is 1. The Morgan fingerprint density at radius 2 is 2.00 bits per heavy atom. The summed E-state index contributed by atoms with van der Waals surface area (Å²) in [7, 11) is -3.04. The Morgan fingerprint density at radius 1 is 1.22 bits per heavy atom. The number of nitrogens with one attached hydrogen (secondary N) is 1. The molecule has 1 unspecified atom stereocenters. The van der Waals surface area contributed by atoms with E-state index in [0.717, 1.165) is 51.6 Å². The fraction of sp³-hybridized carbons (Fsp3) is 1.00. The molecule has 1 N–H and O–H groups in total. The molecule has 0 aliphatic carbocycles. The normalized spacial score (nSPS) is 22.2.